The Bertz CT molecular complexity index is 259. The van der Waals surface area contributed by atoms with Crippen LogP contribution in [0.5, 0.6) is 0 Å². The van der Waals surface area contributed by atoms with Crippen LogP contribution < -0.4 is 5.32 Å². The molecule has 0 bridgehead atoms. The highest BCUT2D eigenvalue weighted by Gasteiger charge is 2.30. The third-order valence-electron chi connectivity index (χ3n) is 3.82. The van der Waals surface area contributed by atoms with Gasteiger partial charge >= 0.3 is 0 Å². The van der Waals surface area contributed by atoms with Gasteiger partial charge in [0.25, 0.3) is 0 Å². The summed E-state index contributed by atoms with van der Waals surface area (Å²) < 4.78 is 0. The third-order valence-corrected chi connectivity index (χ3v) is 3.82. The maximum atomic E-state index is 11.8. The lowest BCUT2D eigenvalue weighted by Gasteiger charge is -2.33. The standard InChI is InChI=1S/C15H31NO2/c1-10(2)12(5)8-13(17)16-9-15(6,7)14(18)11(3)4/h10-12,14,18H,8-9H2,1-7H3,(H,16,17). The van der Waals surface area contributed by atoms with Gasteiger partial charge in [0.05, 0.1) is 6.10 Å². The highest BCUT2D eigenvalue weighted by molar-refractivity contribution is 5.76. The van der Waals surface area contributed by atoms with E-state index in [0.29, 0.717) is 24.8 Å². The molecule has 2 atom stereocenters. The monoisotopic (exact) mass is 257 g/mol. The lowest BCUT2D eigenvalue weighted by molar-refractivity contribution is -0.123. The van der Waals surface area contributed by atoms with Crippen LogP contribution in [0.3, 0.4) is 0 Å². The van der Waals surface area contributed by atoms with E-state index >= 15 is 0 Å². The molecule has 0 spiro atoms. The maximum Gasteiger partial charge on any atom is 0.220 e. The van der Waals surface area contributed by atoms with Gasteiger partial charge in [0, 0.05) is 18.4 Å². The molecule has 0 aliphatic heterocycles. The van der Waals surface area contributed by atoms with Gasteiger partial charge in [-0.1, -0.05) is 48.5 Å². The molecule has 0 heterocycles. The first kappa shape index (κ1) is 17.4. The van der Waals surface area contributed by atoms with Crippen LogP contribution in [0.25, 0.3) is 0 Å². The maximum absolute atomic E-state index is 11.8. The average molecular weight is 257 g/mol. The van der Waals surface area contributed by atoms with E-state index in [9.17, 15) is 9.90 Å². The molecule has 0 saturated carbocycles. The normalized spacial score (nSPS) is 15.9. The Morgan fingerprint density at radius 1 is 1.11 bits per heavy atom. The molecule has 0 aliphatic carbocycles. The Kier molecular flexibility index (Phi) is 6.90. The first-order chi connectivity index (χ1) is 8.08. The fourth-order valence-electron chi connectivity index (χ4n) is 1.93. The van der Waals surface area contributed by atoms with Crippen molar-refractivity contribution in [3.05, 3.63) is 0 Å². The van der Waals surface area contributed by atoms with Crippen molar-refractivity contribution in [2.75, 3.05) is 6.54 Å². The fraction of sp³-hybridized carbons (Fsp3) is 0.933. The minimum Gasteiger partial charge on any atom is -0.392 e. The topological polar surface area (TPSA) is 49.3 Å². The van der Waals surface area contributed by atoms with Gasteiger partial charge in [0.2, 0.25) is 5.91 Å². The van der Waals surface area contributed by atoms with Gasteiger partial charge in [-0.05, 0) is 17.8 Å². The van der Waals surface area contributed by atoms with Crippen molar-refractivity contribution in [2.24, 2.45) is 23.2 Å². The molecule has 0 rings (SSSR count). The Balaban J connectivity index is 4.20. The largest absolute Gasteiger partial charge is 0.392 e. The molecule has 2 unspecified atom stereocenters. The molecule has 3 heteroatoms. The summed E-state index contributed by atoms with van der Waals surface area (Å²) in [5, 5.41) is 13.0. The van der Waals surface area contributed by atoms with Gasteiger partial charge in [-0.15, -0.1) is 0 Å². The van der Waals surface area contributed by atoms with Crippen LogP contribution in [-0.4, -0.2) is 23.7 Å². The van der Waals surface area contributed by atoms with E-state index < -0.39 is 6.10 Å². The number of amides is 1. The average Bonchev–Trinajstić information content (AvgIpc) is 2.25. The second-order valence-corrected chi connectivity index (χ2v) is 6.88. The Morgan fingerprint density at radius 2 is 1.61 bits per heavy atom. The molecule has 0 radical (unpaired) electrons. The highest BCUT2D eigenvalue weighted by Crippen LogP contribution is 2.25. The molecular weight excluding hydrogens is 226 g/mol. The summed E-state index contributed by atoms with van der Waals surface area (Å²) in [4.78, 5) is 11.8. The predicted molar refractivity (Wildman–Crippen MR) is 76.3 cm³/mol. The quantitative estimate of drug-likeness (QED) is 0.737. The molecule has 0 aliphatic rings. The highest BCUT2D eigenvalue weighted by atomic mass is 16.3. The van der Waals surface area contributed by atoms with Crippen molar-refractivity contribution in [1.82, 2.24) is 5.32 Å². The third kappa shape index (κ3) is 5.85. The zero-order valence-corrected chi connectivity index (χ0v) is 13.1. The van der Waals surface area contributed by atoms with Crippen LogP contribution in [-0.2, 0) is 4.79 Å². The second-order valence-electron chi connectivity index (χ2n) is 6.88. The molecule has 0 aromatic heterocycles. The smallest absolute Gasteiger partial charge is 0.220 e. The predicted octanol–water partition coefficient (Wildman–Crippen LogP) is 2.83. The molecule has 0 fully saturated rings. The number of aliphatic hydroxyl groups is 1. The number of rotatable bonds is 7. The number of hydrogen-bond donors (Lipinski definition) is 2. The fourth-order valence-corrected chi connectivity index (χ4v) is 1.93. The van der Waals surface area contributed by atoms with Gasteiger partial charge in [-0.2, -0.15) is 0 Å². The van der Waals surface area contributed by atoms with Crippen molar-refractivity contribution in [3.8, 4) is 0 Å². The Hall–Kier alpha value is -0.570. The van der Waals surface area contributed by atoms with Crippen molar-refractivity contribution >= 4 is 5.91 Å². The van der Waals surface area contributed by atoms with E-state index in [0.717, 1.165) is 0 Å². The molecule has 0 aromatic rings. The molecule has 1 amide bonds. The van der Waals surface area contributed by atoms with Crippen molar-refractivity contribution in [3.63, 3.8) is 0 Å². The minimum absolute atomic E-state index is 0.0835. The summed E-state index contributed by atoms with van der Waals surface area (Å²) in [6, 6.07) is 0. The number of nitrogens with one attached hydrogen (secondary N) is 1. The van der Waals surface area contributed by atoms with Crippen LogP contribution in [0.15, 0.2) is 0 Å². The van der Waals surface area contributed by atoms with Gasteiger partial charge in [-0.25, -0.2) is 0 Å². The number of carbonyl (C=O) groups is 1. The van der Waals surface area contributed by atoms with Gasteiger partial charge in [-0.3, -0.25) is 4.79 Å². The zero-order chi connectivity index (χ0) is 14.5. The molecule has 108 valence electrons. The van der Waals surface area contributed by atoms with Crippen LogP contribution in [0.2, 0.25) is 0 Å². The summed E-state index contributed by atoms with van der Waals surface area (Å²) in [5.41, 5.74) is -0.287. The number of aliphatic hydroxyl groups excluding tert-OH is 1. The summed E-state index contributed by atoms with van der Waals surface area (Å²) in [7, 11) is 0. The van der Waals surface area contributed by atoms with Gasteiger partial charge < -0.3 is 10.4 Å². The second kappa shape index (κ2) is 7.13. The van der Waals surface area contributed by atoms with E-state index in [-0.39, 0.29) is 17.2 Å². The van der Waals surface area contributed by atoms with Crippen LogP contribution in [0.1, 0.15) is 54.9 Å². The van der Waals surface area contributed by atoms with E-state index in [1.807, 2.05) is 27.7 Å². The van der Waals surface area contributed by atoms with Crippen LogP contribution in [0.4, 0.5) is 0 Å². The van der Waals surface area contributed by atoms with E-state index in [1.54, 1.807) is 0 Å². The van der Waals surface area contributed by atoms with Crippen molar-refractivity contribution in [1.29, 1.82) is 0 Å². The molecular formula is C15H31NO2. The molecule has 0 aromatic carbocycles. The SMILES string of the molecule is CC(C)C(C)CC(=O)NCC(C)(C)C(O)C(C)C. The van der Waals surface area contributed by atoms with Gasteiger partial charge in [0.1, 0.15) is 0 Å². The summed E-state index contributed by atoms with van der Waals surface area (Å²) in [5.74, 6) is 1.19. The number of hydrogen-bond acceptors (Lipinski definition) is 2. The lowest BCUT2D eigenvalue weighted by atomic mass is 9.80. The van der Waals surface area contributed by atoms with E-state index in [1.165, 1.54) is 0 Å². The Labute approximate surface area is 112 Å². The first-order valence-electron chi connectivity index (χ1n) is 7.02. The Morgan fingerprint density at radius 3 is 2.00 bits per heavy atom. The summed E-state index contributed by atoms with van der Waals surface area (Å²) in [6.45, 7) is 14.8. The van der Waals surface area contributed by atoms with Crippen molar-refractivity contribution < 1.29 is 9.90 Å². The lowest BCUT2D eigenvalue weighted by Crippen LogP contribution is -2.43. The number of carbonyl (C=O) groups excluding carboxylic acids is 1. The molecule has 2 N–H and O–H groups in total. The van der Waals surface area contributed by atoms with Crippen molar-refractivity contribution in [2.45, 2.75) is 61.0 Å². The van der Waals surface area contributed by atoms with Gasteiger partial charge in [0.15, 0.2) is 0 Å². The zero-order valence-electron chi connectivity index (χ0n) is 13.1. The summed E-state index contributed by atoms with van der Waals surface area (Å²) >= 11 is 0. The first-order valence-corrected chi connectivity index (χ1v) is 7.02. The van der Waals surface area contributed by atoms with Crippen LogP contribution >= 0.6 is 0 Å². The van der Waals surface area contributed by atoms with Crippen LogP contribution in [0, 0.1) is 23.2 Å². The van der Waals surface area contributed by atoms with E-state index in [4.69, 9.17) is 0 Å². The minimum atomic E-state index is -0.402. The molecule has 3 nitrogen and oxygen atoms in total. The van der Waals surface area contributed by atoms with E-state index in [2.05, 4.69) is 26.1 Å². The molecule has 0 saturated heterocycles. The summed E-state index contributed by atoms with van der Waals surface area (Å²) in [6.07, 6.45) is 0.159. The molecule has 18 heavy (non-hydrogen) atoms.